The summed E-state index contributed by atoms with van der Waals surface area (Å²) >= 11 is 3.39. The van der Waals surface area contributed by atoms with Crippen LogP contribution in [0.3, 0.4) is 0 Å². The van der Waals surface area contributed by atoms with Gasteiger partial charge in [-0.15, -0.1) is 0 Å². The van der Waals surface area contributed by atoms with Crippen molar-refractivity contribution in [2.45, 2.75) is 6.61 Å². The number of carbonyl (C=O) groups is 1. The van der Waals surface area contributed by atoms with Gasteiger partial charge in [0.15, 0.2) is 5.69 Å². The second-order valence-corrected chi connectivity index (χ2v) is 4.59. The van der Waals surface area contributed by atoms with E-state index in [1.54, 1.807) is 7.05 Å². The normalized spacial score (nSPS) is 10.3. The number of rotatable bonds is 3. The summed E-state index contributed by atoms with van der Waals surface area (Å²) < 4.78 is 7.50. The average Bonchev–Trinajstić information content (AvgIpc) is 2.68. The Kier molecular flexibility index (Phi) is 3.66. The molecule has 2 rings (SSSR count). The Morgan fingerprint density at radius 3 is 2.83 bits per heavy atom. The number of anilines is 1. The highest BCUT2D eigenvalue weighted by molar-refractivity contribution is 9.10. The second-order valence-electron chi connectivity index (χ2n) is 3.74. The van der Waals surface area contributed by atoms with E-state index < -0.39 is 5.97 Å². The van der Waals surface area contributed by atoms with Crippen LogP contribution in [-0.2, 0) is 18.4 Å². The maximum Gasteiger partial charge on any atom is 0.359 e. The fourth-order valence-corrected chi connectivity index (χ4v) is 1.93. The molecule has 0 radical (unpaired) electrons. The molecule has 0 amide bonds. The first-order valence-corrected chi connectivity index (χ1v) is 6.07. The van der Waals surface area contributed by atoms with E-state index in [1.807, 2.05) is 24.3 Å². The van der Waals surface area contributed by atoms with Crippen molar-refractivity contribution in [2.24, 2.45) is 7.05 Å². The van der Waals surface area contributed by atoms with Crippen molar-refractivity contribution in [3.05, 3.63) is 46.2 Å². The molecule has 0 aliphatic rings. The summed E-state index contributed by atoms with van der Waals surface area (Å²) in [5.41, 5.74) is 7.12. The maximum atomic E-state index is 11.9. The molecule has 1 aromatic carbocycles. The fraction of sp³-hybridized carbons (Fsp3) is 0.167. The van der Waals surface area contributed by atoms with Crippen LogP contribution in [0.4, 0.5) is 5.69 Å². The van der Waals surface area contributed by atoms with Gasteiger partial charge in [-0.2, -0.15) is 5.10 Å². The minimum atomic E-state index is -0.483. The molecule has 94 valence electrons. The predicted molar refractivity (Wildman–Crippen MR) is 70.9 cm³/mol. The summed E-state index contributed by atoms with van der Waals surface area (Å²) in [6.07, 6.45) is 1.43. The Labute approximate surface area is 113 Å². The highest BCUT2D eigenvalue weighted by atomic mass is 79.9. The van der Waals surface area contributed by atoms with Crippen molar-refractivity contribution in [1.29, 1.82) is 0 Å². The van der Waals surface area contributed by atoms with E-state index in [1.165, 1.54) is 10.9 Å². The van der Waals surface area contributed by atoms with Crippen molar-refractivity contribution in [1.82, 2.24) is 9.78 Å². The summed E-state index contributed by atoms with van der Waals surface area (Å²) in [7, 11) is 1.64. The lowest BCUT2D eigenvalue weighted by molar-refractivity contribution is 0.0460. The van der Waals surface area contributed by atoms with Crippen LogP contribution >= 0.6 is 15.9 Å². The van der Waals surface area contributed by atoms with Crippen LogP contribution in [0, 0.1) is 0 Å². The highest BCUT2D eigenvalue weighted by Crippen LogP contribution is 2.18. The molecule has 0 spiro atoms. The number of aromatic nitrogens is 2. The van der Waals surface area contributed by atoms with E-state index in [9.17, 15) is 4.79 Å². The van der Waals surface area contributed by atoms with Gasteiger partial charge in [-0.1, -0.05) is 34.1 Å². The minimum Gasteiger partial charge on any atom is -0.456 e. The zero-order valence-corrected chi connectivity index (χ0v) is 11.3. The van der Waals surface area contributed by atoms with Gasteiger partial charge in [-0.05, 0) is 6.07 Å². The molecule has 0 unspecified atom stereocenters. The summed E-state index contributed by atoms with van der Waals surface area (Å²) in [5.74, 6) is -0.483. The lowest BCUT2D eigenvalue weighted by atomic mass is 10.2. The van der Waals surface area contributed by atoms with Crippen molar-refractivity contribution in [2.75, 3.05) is 5.73 Å². The topological polar surface area (TPSA) is 70.1 Å². The summed E-state index contributed by atoms with van der Waals surface area (Å²) in [6.45, 7) is 0.185. The van der Waals surface area contributed by atoms with Crippen molar-refractivity contribution >= 4 is 27.6 Å². The molecule has 0 aliphatic heterocycles. The number of nitrogens with zero attached hydrogens (tertiary/aromatic N) is 2. The lowest BCUT2D eigenvalue weighted by Gasteiger charge is -2.07. The van der Waals surface area contributed by atoms with Crippen LogP contribution in [0.15, 0.2) is 34.9 Å². The van der Waals surface area contributed by atoms with Crippen LogP contribution < -0.4 is 5.73 Å². The first kappa shape index (κ1) is 12.6. The van der Waals surface area contributed by atoms with E-state index in [-0.39, 0.29) is 12.3 Å². The standard InChI is InChI=1S/C12H12BrN3O2/c1-16-11(10(14)6-15-16)12(17)18-7-8-4-2-3-5-9(8)13/h2-6H,7,14H2,1H3. The number of ether oxygens (including phenoxy) is 1. The molecule has 0 bridgehead atoms. The molecular formula is C12H12BrN3O2. The average molecular weight is 310 g/mol. The van der Waals surface area contributed by atoms with E-state index in [4.69, 9.17) is 10.5 Å². The number of carbonyl (C=O) groups excluding carboxylic acids is 1. The number of benzene rings is 1. The molecule has 6 heteroatoms. The van der Waals surface area contributed by atoms with Gasteiger partial charge in [0.1, 0.15) is 6.61 Å². The Morgan fingerprint density at radius 1 is 1.50 bits per heavy atom. The maximum absolute atomic E-state index is 11.9. The van der Waals surface area contributed by atoms with Crippen LogP contribution in [0.1, 0.15) is 16.1 Å². The monoisotopic (exact) mass is 309 g/mol. The molecule has 0 fully saturated rings. The number of hydrogen-bond donors (Lipinski definition) is 1. The minimum absolute atomic E-state index is 0.185. The lowest BCUT2D eigenvalue weighted by Crippen LogP contribution is -2.12. The van der Waals surface area contributed by atoms with Gasteiger partial charge < -0.3 is 10.5 Å². The summed E-state index contributed by atoms with van der Waals surface area (Å²) in [4.78, 5) is 11.9. The Hall–Kier alpha value is -1.82. The third-order valence-corrected chi connectivity index (χ3v) is 3.25. The van der Waals surface area contributed by atoms with Gasteiger partial charge in [0.2, 0.25) is 0 Å². The first-order valence-electron chi connectivity index (χ1n) is 5.27. The zero-order chi connectivity index (χ0) is 13.1. The summed E-state index contributed by atoms with van der Waals surface area (Å²) in [6, 6.07) is 7.55. The molecule has 18 heavy (non-hydrogen) atoms. The van der Waals surface area contributed by atoms with Crippen LogP contribution in [0.2, 0.25) is 0 Å². The van der Waals surface area contributed by atoms with Crippen molar-refractivity contribution in [3.8, 4) is 0 Å². The number of hydrogen-bond acceptors (Lipinski definition) is 4. The molecular weight excluding hydrogens is 298 g/mol. The van der Waals surface area contributed by atoms with Gasteiger partial charge in [0.05, 0.1) is 11.9 Å². The van der Waals surface area contributed by atoms with E-state index in [0.717, 1.165) is 10.0 Å². The van der Waals surface area contributed by atoms with E-state index in [0.29, 0.717) is 5.69 Å². The SMILES string of the molecule is Cn1ncc(N)c1C(=O)OCc1ccccc1Br. The number of nitrogens with two attached hydrogens (primary N) is 1. The van der Waals surface area contributed by atoms with Gasteiger partial charge in [-0.25, -0.2) is 4.79 Å². The Morgan fingerprint density at radius 2 is 2.22 bits per heavy atom. The fourth-order valence-electron chi connectivity index (χ4n) is 1.53. The number of aryl methyl sites for hydroxylation is 1. The largest absolute Gasteiger partial charge is 0.456 e. The van der Waals surface area contributed by atoms with Crippen molar-refractivity contribution < 1.29 is 9.53 Å². The highest BCUT2D eigenvalue weighted by Gasteiger charge is 2.16. The number of halogens is 1. The molecule has 2 N–H and O–H groups in total. The first-order chi connectivity index (χ1) is 8.59. The van der Waals surface area contributed by atoms with Gasteiger partial charge >= 0.3 is 5.97 Å². The van der Waals surface area contributed by atoms with Crippen molar-refractivity contribution in [3.63, 3.8) is 0 Å². The van der Waals surface area contributed by atoms with Gasteiger partial charge in [-0.3, -0.25) is 4.68 Å². The molecule has 1 heterocycles. The molecule has 1 aromatic heterocycles. The molecule has 0 saturated heterocycles. The third kappa shape index (κ3) is 2.53. The Balaban J connectivity index is 2.08. The smallest absolute Gasteiger partial charge is 0.359 e. The Bertz CT molecular complexity index is 561. The molecule has 0 atom stereocenters. The second kappa shape index (κ2) is 5.22. The quantitative estimate of drug-likeness (QED) is 0.882. The van der Waals surface area contributed by atoms with E-state index in [2.05, 4.69) is 21.0 Å². The molecule has 5 nitrogen and oxygen atoms in total. The predicted octanol–water partition coefficient (Wildman–Crippen LogP) is 2.12. The van der Waals surface area contributed by atoms with Crippen LogP contribution in [-0.4, -0.2) is 15.7 Å². The summed E-state index contributed by atoms with van der Waals surface area (Å²) in [5, 5.41) is 3.89. The molecule has 0 aliphatic carbocycles. The van der Waals surface area contributed by atoms with Gasteiger partial charge in [0, 0.05) is 17.1 Å². The molecule has 2 aromatic rings. The van der Waals surface area contributed by atoms with Crippen LogP contribution in [0.5, 0.6) is 0 Å². The molecule has 0 saturated carbocycles. The van der Waals surface area contributed by atoms with Crippen LogP contribution in [0.25, 0.3) is 0 Å². The van der Waals surface area contributed by atoms with Gasteiger partial charge in [0.25, 0.3) is 0 Å². The zero-order valence-electron chi connectivity index (χ0n) is 9.76. The number of nitrogen functional groups attached to an aromatic ring is 1. The van der Waals surface area contributed by atoms with E-state index >= 15 is 0 Å². The number of esters is 1. The third-order valence-electron chi connectivity index (χ3n) is 2.48.